The SMILES string of the molecule is Cc1c(N)nnn1CCOc1ccc(Cl)cc1. The van der Waals surface area contributed by atoms with Crippen LogP contribution in [0.3, 0.4) is 0 Å². The summed E-state index contributed by atoms with van der Waals surface area (Å²) in [6.07, 6.45) is 0. The molecular formula is C11H13ClN4O. The van der Waals surface area contributed by atoms with Crippen LogP contribution in [0, 0.1) is 6.92 Å². The summed E-state index contributed by atoms with van der Waals surface area (Å²) in [4.78, 5) is 0. The average molecular weight is 253 g/mol. The Morgan fingerprint density at radius 2 is 2.06 bits per heavy atom. The first kappa shape index (κ1) is 11.7. The second kappa shape index (κ2) is 5.05. The smallest absolute Gasteiger partial charge is 0.168 e. The molecule has 0 amide bonds. The molecule has 0 aliphatic heterocycles. The summed E-state index contributed by atoms with van der Waals surface area (Å²) in [5.41, 5.74) is 6.44. The van der Waals surface area contributed by atoms with Gasteiger partial charge in [0, 0.05) is 5.02 Å². The Kier molecular flexibility index (Phi) is 3.49. The first-order valence-electron chi connectivity index (χ1n) is 5.21. The minimum Gasteiger partial charge on any atom is -0.492 e. The molecule has 0 saturated heterocycles. The third kappa shape index (κ3) is 2.88. The van der Waals surface area contributed by atoms with Crippen molar-refractivity contribution in [2.75, 3.05) is 12.3 Å². The van der Waals surface area contributed by atoms with Crippen LogP contribution in [0.15, 0.2) is 24.3 Å². The largest absolute Gasteiger partial charge is 0.492 e. The number of nitrogens with zero attached hydrogens (tertiary/aromatic N) is 3. The number of benzene rings is 1. The average Bonchev–Trinajstić information content (AvgIpc) is 2.64. The molecule has 0 saturated carbocycles. The lowest BCUT2D eigenvalue weighted by Gasteiger charge is -2.06. The molecule has 0 spiro atoms. The Balaban J connectivity index is 1.87. The number of ether oxygens (including phenoxy) is 1. The predicted molar refractivity (Wildman–Crippen MR) is 66.1 cm³/mol. The van der Waals surface area contributed by atoms with Crippen LogP contribution >= 0.6 is 11.6 Å². The number of nitrogen functional groups attached to an aromatic ring is 1. The predicted octanol–water partition coefficient (Wildman–Crippen LogP) is 1.90. The minimum atomic E-state index is 0.455. The van der Waals surface area contributed by atoms with Gasteiger partial charge in [-0.3, -0.25) is 0 Å². The molecule has 0 fully saturated rings. The van der Waals surface area contributed by atoms with Gasteiger partial charge in [0.2, 0.25) is 0 Å². The van der Waals surface area contributed by atoms with Crippen LogP contribution in [0.25, 0.3) is 0 Å². The highest BCUT2D eigenvalue weighted by Gasteiger charge is 2.04. The summed E-state index contributed by atoms with van der Waals surface area (Å²) in [7, 11) is 0. The maximum atomic E-state index is 5.77. The summed E-state index contributed by atoms with van der Waals surface area (Å²) in [5, 5.41) is 8.36. The molecule has 0 aliphatic rings. The van der Waals surface area contributed by atoms with Crippen LogP contribution < -0.4 is 10.5 Å². The van der Waals surface area contributed by atoms with Crippen LogP contribution in [0.5, 0.6) is 5.75 Å². The van der Waals surface area contributed by atoms with E-state index in [0.29, 0.717) is 24.0 Å². The number of rotatable bonds is 4. The molecule has 0 atom stereocenters. The minimum absolute atomic E-state index is 0.455. The zero-order valence-electron chi connectivity index (χ0n) is 9.43. The van der Waals surface area contributed by atoms with E-state index in [0.717, 1.165) is 11.4 Å². The molecule has 5 nitrogen and oxygen atoms in total. The number of halogens is 1. The normalized spacial score (nSPS) is 10.5. The third-order valence-corrected chi connectivity index (χ3v) is 2.66. The molecule has 6 heteroatoms. The fraction of sp³-hybridized carbons (Fsp3) is 0.273. The van der Waals surface area contributed by atoms with E-state index in [2.05, 4.69) is 10.3 Å². The lowest BCUT2D eigenvalue weighted by molar-refractivity contribution is 0.288. The summed E-state index contributed by atoms with van der Waals surface area (Å²) in [6.45, 7) is 2.99. The molecule has 17 heavy (non-hydrogen) atoms. The Morgan fingerprint density at radius 1 is 1.35 bits per heavy atom. The van der Waals surface area contributed by atoms with E-state index >= 15 is 0 Å². The molecule has 0 bridgehead atoms. The van der Waals surface area contributed by atoms with Crippen molar-refractivity contribution in [1.82, 2.24) is 15.0 Å². The zero-order valence-corrected chi connectivity index (χ0v) is 10.2. The van der Waals surface area contributed by atoms with Gasteiger partial charge in [0.15, 0.2) is 5.82 Å². The van der Waals surface area contributed by atoms with Gasteiger partial charge in [0.25, 0.3) is 0 Å². The molecule has 1 aromatic carbocycles. The molecule has 1 aromatic heterocycles. The number of hydrogen-bond acceptors (Lipinski definition) is 4. The maximum Gasteiger partial charge on any atom is 0.168 e. The van der Waals surface area contributed by atoms with Crippen LogP contribution in [-0.4, -0.2) is 21.6 Å². The van der Waals surface area contributed by atoms with Gasteiger partial charge < -0.3 is 10.5 Å². The Hall–Kier alpha value is -1.75. The van der Waals surface area contributed by atoms with Crippen LogP contribution in [0.4, 0.5) is 5.82 Å². The molecule has 2 aromatic rings. The lowest BCUT2D eigenvalue weighted by atomic mass is 10.3. The van der Waals surface area contributed by atoms with E-state index in [9.17, 15) is 0 Å². The molecule has 0 unspecified atom stereocenters. The highest BCUT2D eigenvalue weighted by Crippen LogP contribution is 2.15. The van der Waals surface area contributed by atoms with Crippen molar-refractivity contribution in [1.29, 1.82) is 0 Å². The van der Waals surface area contributed by atoms with Gasteiger partial charge in [-0.2, -0.15) is 0 Å². The summed E-state index contributed by atoms with van der Waals surface area (Å²) in [5.74, 6) is 1.23. The van der Waals surface area contributed by atoms with Gasteiger partial charge >= 0.3 is 0 Å². The van der Waals surface area contributed by atoms with Gasteiger partial charge in [-0.05, 0) is 31.2 Å². The van der Waals surface area contributed by atoms with Crippen LogP contribution in [0.2, 0.25) is 5.02 Å². The summed E-state index contributed by atoms with van der Waals surface area (Å²) >= 11 is 5.77. The number of aromatic nitrogens is 3. The number of hydrogen-bond donors (Lipinski definition) is 1. The van der Waals surface area contributed by atoms with Gasteiger partial charge in [-0.15, -0.1) is 5.10 Å². The molecular weight excluding hydrogens is 240 g/mol. The maximum absolute atomic E-state index is 5.77. The highest BCUT2D eigenvalue weighted by molar-refractivity contribution is 6.30. The van der Waals surface area contributed by atoms with Crippen molar-refractivity contribution in [3.05, 3.63) is 35.0 Å². The van der Waals surface area contributed by atoms with Crippen molar-refractivity contribution < 1.29 is 4.74 Å². The van der Waals surface area contributed by atoms with Crippen molar-refractivity contribution in [3.63, 3.8) is 0 Å². The third-order valence-electron chi connectivity index (χ3n) is 2.40. The Morgan fingerprint density at radius 3 is 2.65 bits per heavy atom. The topological polar surface area (TPSA) is 66.0 Å². The summed E-state index contributed by atoms with van der Waals surface area (Å²) < 4.78 is 7.25. The van der Waals surface area contributed by atoms with Gasteiger partial charge in [0.1, 0.15) is 12.4 Å². The fourth-order valence-corrected chi connectivity index (χ4v) is 1.49. The van der Waals surface area contributed by atoms with Gasteiger partial charge in [-0.1, -0.05) is 16.8 Å². The van der Waals surface area contributed by atoms with E-state index < -0.39 is 0 Å². The molecule has 90 valence electrons. The fourth-order valence-electron chi connectivity index (χ4n) is 1.37. The Labute approximate surface area is 104 Å². The second-order valence-corrected chi connectivity index (χ2v) is 4.02. The van der Waals surface area contributed by atoms with E-state index in [-0.39, 0.29) is 0 Å². The highest BCUT2D eigenvalue weighted by atomic mass is 35.5. The summed E-state index contributed by atoms with van der Waals surface area (Å²) in [6, 6.07) is 7.22. The van der Waals surface area contributed by atoms with Crippen LogP contribution in [-0.2, 0) is 6.54 Å². The first-order chi connectivity index (χ1) is 8.16. The standard InChI is InChI=1S/C11H13ClN4O/c1-8-11(13)14-15-16(8)6-7-17-10-4-2-9(12)3-5-10/h2-5H,6-7,13H2,1H3. The van der Waals surface area contributed by atoms with E-state index in [1.165, 1.54) is 0 Å². The van der Waals surface area contributed by atoms with Crippen molar-refractivity contribution >= 4 is 17.4 Å². The van der Waals surface area contributed by atoms with Crippen LogP contribution in [0.1, 0.15) is 5.69 Å². The molecule has 0 aliphatic carbocycles. The molecule has 2 rings (SSSR count). The molecule has 2 N–H and O–H groups in total. The van der Waals surface area contributed by atoms with Crippen molar-refractivity contribution in [3.8, 4) is 5.75 Å². The monoisotopic (exact) mass is 252 g/mol. The van der Waals surface area contributed by atoms with Gasteiger partial charge in [-0.25, -0.2) is 4.68 Å². The van der Waals surface area contributed by atoms with Gasteiger partial charge in [0.05, 0.1) is 12.2 Å². The lowest BCUT2D eigenvalue weighted by Crippen LogP contribution is -2.11. The quantitative estimate of drug-likeness (QED) is 0.903. The second-order valence-electron chi connectivity index (χ2n) is 3.59. The van der Waals surface area contributed by atoms with Crippen molar-refractivity contribution in [2.45, 2.75) is 13.5 Å². The number of anilines is 1. The molecule has 0 radical (unpaired) electrons. The van der Waals surface area contributed by atoms with E-state index in [1.54, 1.807) is 16.8 Å². The van der Waals surface area contributed by atoms with E-state index in [1.807, 2.05) is 19.1 Å². The molecule has 1 heterocycles. The Bertz CT molecular complexity index is 495. The zero-order chi connectivity index (χ0) is 12.3. The number of nitrogens with two attached hydrogens (primary N) is 1. The first-order valence-corrected chi connectivity index (χ1v) is 5.58. The van der Waals surface area contributed by atoms with E-state index in [4.69, 9.17) is 22.1 Å². The van der Waals surface area contributed by atoms with Crippen molar-refractivity contribution in [2.24, 2.45) is 0 Å².